The molecule has 0 spiro atoms. The molecule has 2 N–H and O–H groups in total. The lowest BCUT2D eigenvalue weighted by molar-refractivity contribution is 0.0933. The summed E-state index contributed by atoms with van der Waals surface area (Å²) in [6, 6.07) is 11.4. The van der Waals surface area contributed by atoms with Gasteiger partial charge in [0.1, 0.15) is 11.6 Å². The molecule has 1 aliphatic rings. The number of carbonyl (C=O) groups excluding carboxylic acids is 1. The Bertz CT molecular complexity index is 1300. The molecule has 4 aromatic rings. The lowest BCUT2D eigenvalue weighted by Gasteiger charge is -2.16. The predicted molar refractivity (Wildman–Crippen MR) is 112 cm³/mol. The number of carbonyl (C=O) groups is 1. The second-order valence-corrected chi connectivity index (χ2v) is 7.77. The van der Waals surface area contributed by atoms with Crippen LogP contribution in [0.15, 0.2) is 53.6 Å². The van der Waals surface area contributed by atoms with Crippen LogP contribution in [-0.2, 0) is 19.5 Å². The molecule has 0 saturated heterocycles. The maximum Gasteiger partial charge on any atom is 0.346 e. The van der Waals surface area contributed by atoms with Crippen molar-refractivity contribution in [2.24, 2.45) is 0 Å². The van der Waals surface area contributed by atoms with Gasteiger partial charge >= 0.3 is 5.69 Å². The summed E-state index contributed by atoms with van der Waals surface area (Å²) in [6.07, 6.45) is 3.54. The van der Waals surface area contributed by atoms with Crippen molar-refractivity contribution < 1.29 is 9.18 Å². The highest BCUT2D eigenvalue weighted by molar-refractivity contribution is 5.97. The van der Waals surface area contributed by atoms with Crippen LogP contribution in [0, 0.1) is 5.82 Å². The molecule has 8 nitrogen and oxygen atoms in total. The molecule has 0 aliphatic carbocycles. The number of aromatic nitrogens is 5. The number of halogens is 1. The van der Waals surface area contributed by atoms with E-state index in [1.165, 1.54) is 16.8 Å². The number of imidazole rings is 1. The summed E-state index contributed by atoms with van der Waals surface area (Å²) in [6.45, 7) is 0.789. The Kier molecular flexibility index (Phi) is 4.85. The number of aromatic amines is 1. The minimum Gasteiger partial charge on any atom is -0.349 e. The molecular weight excluding hydrogens is 399 g/mol. The molecule has 1 atom stereocenters. The normalized spacial score (nSPS) is 16.1. The monoisotopic (exact) mass is 420 g/mol. The van der Waals surface area contributed by atoms with Crippen molar-refractivity contribution in [2.45, 2.75) is 38.4 Å². The summed E-state index contributed by atoms with van der Waals surface area (Å²) in [4.78, 5) is 32.6. The highest BCUT2D eigenvalue weighted by atomic mass is 19.1. The zero-order valence-corrected chi connectivity index (χ0v) is 16.7. The van der Waals surface area contributed by atoms with E-state index in [1.54, 1.807) is 35.2 Å². The summed E-state index contributed by atoms with van der Waals surface area (Å²) in [5.41, 5.74) is 2.83. The zero-order valence-electron chi connectivity index (χ0n) is 16.7. The first kappa shape index (κ1) is 19.2. The van der Waals surface area contributed by atoms with Gasteiger partial charge < -0.3 is 10.3 Å². The van der Waals surface area contributed by atoms with Crippen molar-refractivity contribution in [3.63, 3.8) is 0 Å². The Labute approximate surface area is 176 Å². The van der Waals surface area contributed by atoms with Gasteiger partial charge in [0, 0.05) is 24.6 Å². The Morgan fingerprint density at radius 3 is 2.87 bits per heavy atom. The van der Waals surface area contributed by atoms with E-state index in [4.69, 9.17) is 0 Å². The van der Waals surface area contributed by atoms with Gasteiger partial charge in [0.2, 0.25) is 0 Å². The average Bonchev–Trinajstić information content (AvgIpc) is 3.29. The zero-order chi connectivity index (χ0) is 21.4. The van der Waals surface area contributed by atoms with Crippen molar-refractivity contribution in [1.29, 1.82) is 0 Å². The maximum atomic E-state index is 13.1. The van der Waals surface area contributed by atoms with Crippen LogP contribution in [-0.4, -0.2) is 36.3 Å². The van der Waals surface area contributed by atoms with Gasteiger partial charge in [0.05, 0.1) is 23.9 Å². The number of H-pyrrole nitrogens is 1. The van der Waals surface area contributed by atoms with Gasteiger partial charge in [-0.25, -0.2) is 18.9 Å². The summed E-state index contributed by atoms with van der Waals surface area (Å²) in [5, 5.41) is 7.55. The van der Waals surface area contributed by atoms with E-state index in [0.29, 0.717) is 43.7 Å². The lowest BCUT2D eigenvalue weighted by Crippen LogP contribution is -2.35. The highest BCUT2D eigenvalue weighted by Gasteiger charge is 2.22. The first-order valence-corrected chi connectivity index (χ1v) is 10.2. The summed E-state index contributed by atoms with van der Waals surface area (Å²) < 4.78 is 16.2. The van der Waals surface area contributed by atoms with Gasteiger partial charge in [0.15, 0.2) is 0 Å². The van der Waals surface area contributed by atoms with Crippen LogP contribution in [0.1, 0.15) is 34.6 Å². The molecule has 3 heterocycles. The highest BCUT2D eigenvalue weighted by Crippen LogP contribution is 2.15. The number of hydrogen-bond acceptors (Lipinski definition) is 4. The Morgan fingerprint density at radius 2 is 2.03 bits per heavy atom. The van der Waals surface area contributed by atoms with Crippen molar-refractivity contribution in [2.75, 3.05) is 0 Å². The topological polar surface area (TPSA) is 97.6 Å². The molecule has 1 amide bonds. The number of amides is 1. The Morgan fingerprint density at radius 1 is 1.19 bits per heavy atom. The second-order valence-electron chi connectivity index (χ2n) is 7.77. The fraction of sp³-hybridized carbons (Fsp3) is 0.273. The van der Waals surface area contributed by atoms with Crippen molar-refractivity contribution in [3.8, 4) is 0 Å². The number of aryl methyl sites for hydroxylation is 1. The summed E-state index contributed by atoms with van der Waals surface area (Å²) in [5.74, 6) is 0.256. The number of rotatable bonds is 4. The third-order valence-corrected chi connectivity index (χ3v) is 5.68. The van der Waals surface area contributed by atoms with Crippen LogP contribution in [0.2, 0.25) is 0 Å². The van der Waals surface area contributed by atoms with Crippen molar-refractivity contribution in [3.05, 3.63) is 82.0 Å². The molecule has 2 aromatic carbocycles. The maximum absolute atomic E-state index is 13.1. The smallest absolute Gasteiger partial charge is 0.346 e. The van der Waals surface area contributed by atoms with E-state index < -0.39 is 0 Å². The van der Waals surface area contributed by atoms with E-state index >= 15 is 0 Å². The molecule has 0 bridgehead atoms. The first-order chi connectivity index (χ1) is 15.1. The van der Waals surface area contributed by atoms with Crippen LogP contribution >= 0.6 is 0 Å². The van der Waals surface area contributed by atoms with Crippen LogP contribution in [0.3, 0.4) is 0 Å². The van der Waals surface area contributed by atoms with Crippen LogP contribution in [0.25, 0.3) is 11.0 Å². The van der Waals surface area contributed by atoms with E-state index in [-0.39, 0.29) is 23.5 Å². The molecule has 9 heteroatoms. The Hall–Kier alpha value is -3.75. The second kappa shape index (κ2) is 7.82. The number of benzene rings is 2. The van der Waals surface area contributed by atoms with Gasteiger partial charge in [-0.3, -0.25) is 9.36 Å². The molecule has 0 radical (unpaired) electrons. The molecule has 158 valence electrons. The fourth-order valence-electron chi connectivity index (χ4n) is 3.98. The third kappa shape index (κ3) is 3.86. The van der Waals surface area contributed by atoms with Crippen LogP contribution < -0.4 is 11.0 Å². The summed E-state index contributed by atoms with van der Waals surface area (Å²) in [7, 11) is 0. The number of fused-ring (bicyclic) bond motifs is 2. The van der Waals surface area contributed by atoms with Gasteiger partial charge in [-0.15, -0.1) is 0 Å². The fourth-order valence-corrected chi connectivity index (χ4v) is 3.98. The van der Waals surface area contributed by atoms with E-state index in [2.05, 4.69) is 20.4 Å². The standard InChI is InChI=1S/C22H21FN6O2/c23-16-4-1-14(2-5-16)12-29-22(31)28-10-9-17(6-8-20(28)27-29)26-21(30)15-3-7-18-19(11-15)25-13-24-18/h1-5,7,11,13,17H,6,8-10,12H2,(H,24,25)(H,26,30). The average molecular weight is 420 g/mol. The molecule has 5 rings (SSSR count). The van der Waals surface area contributed by atoms with E-state index in [9.17, 15) is 14.0 Å². The molecule has 0 fully saturated rings. The van der Waals surface area contributed by atoms with E-state index in [1.807, 2.05) is 6.07 Å². The van der Waals surface area contributed by atoms with Gasteiger partial charge in [-0.05, 0) is 48.7 Å². The molecule has 1 unspecified atom stereocenters. The van der Waals surface area contributed by atoms with Gasteiger partial charge in [-0.2, -0.15) is 5.10 Å². The third-order valence-electron chi connectivity index (χ3n) is 5.68. The number of nitrogens with one attached hydrogen (secondary N) is 2. The molecule has 2 aromatic heterocycles. The number of nitrogens with zero attached hydrogens (tertiary/aromatic N) is 4. The first-order valence-electron chi connectivity index (χ1n) is 10.2. The van der Waals surface area contributed by atoms with Gasteiger partial charge in [0.25, 0.3) is 5.91 Å². The predicted octanol–water partition coefficient (Wildman–Crippen LogP) is 2.24. The van der Waals surface area contributed by atoms with E-state index in [0.717, 1.165) is 16.6 Å². The minimum absolute atomic E-state index is 0.0448. The lowest BCUT2D eigenvalue weighted by atomic mass is 10.1. The van der Waals surface area contributed by atoms with Crippen molar-refractivity contribution in [1.82, 2.24) is 29.6 Å². The van der Waals surface area contributed by atoms with Crippen molar-refractivity contribution >= 4 is 16.9 Å². The quantitative estimate of drug-likeness (QED) is 0.529. The molecule has 1 aliphatic heterocycles. The summed E-state index contributed by atoms with van der Waals surface area (Å²) >= 11 is 0. The molecular formula is C22H21FN6O2. The van der Waals surface area contributed by atoms with Crippen LogP contribution in [0.4, 0.5) is 4.39 Å². The Balaban J connectivity index is 1.26. The minimum atomic E-state index is -0.311. The van der Waals surface area contributed by atoms with Crippen LogP contribution in [0.5, 0.6) is 0 Å². The SMILES string of the molecule is O=C(NC1CCc2nn(Cc3ccc(F)cc3)c(=O)n2CC1)c1ccc2nc[nH]c2c1. The number of hydrogen-bond donors (Lipinski definition) is 2. The molecule has 31 heavy (non-hydrogen) atoms. The molecule has 0 saturated carbocycles. The largest absolute Gasteiger partial charge is 0.349 e. The van der Waals surface area contributed by atoms with Gasteiger partial charge in [-0.1, -0.05) is 12.1 Å².